The number of carbonyl (C=O) groups excluding carboxylic acids is 3. The second-order valence-electron chi connectivity index (χ2n) is 8.29. The summed E-state index contributed by atoms with van der Waals surface area (Å²) >= 11 is 7.40. The molecule has 0 radical (unpaired) electrons. The molecular weight excluding hydrogens is 502 g/mol. The number of unbranched alkanes of at least 4 members (excludes halogenated alkanes) is 3. The number of hydrogen-bond donors (Lipinski definition) is 0. The van der Waals surface area contributed by atoms with Crippen molar-refractivity contribution < 1.29 is 19.1 Å². The first-order chi connectivity index (χ1) is 13.9. The van der Waals surface area contributed by atoms with Crippen molar-refractivity contribution >= 4 is 55.3 Å². The van der Waals surface area contributed by atoms with Gasteiger partial charge in [0.25, 0.3) is 0 Å². The molecule has 2 amide bonds. The molecule has 0 unspecified atom stereocenters. The highest BCUT2D eigenvalue weighted by Gasteiger charge is 2.66. The van der Waals surface area contributed by atoms with E-state index in [-0.39, 0.29) is 51.1 Å². The minimum Gasteiger partial charge on any atom is -0.427 e. The molecule has 1 heterocycles. The van der Waals surface area contributed by atoms with E-state index < -0.39 is 0 Å². The third-order valence-corrected chi connectivity index (χ3v) is 9.75. The summed E-state index contributed by atoms with van der Waals surface area (Å²) in [5.74, 6) is -0.0752. The summed E-state index contributed by atoms with van der Waals surface area (Å²) in [5, 5.41) is 0. The average molecular weight is 527 g/mol. The van der Waals surface area contributed by atoms with Gasteiger partial charge in [-0.15, -0.1) is 0 Å². The van der Waals surface area contributed by atoms with Crippen LogP contribution in [0.1, 0.15) is 45.4 Å². The van der Waals surface area contributed by atoms with Gasteiger partial charge >= 0.3 is 5.97 Å². The Kier molecular flexibility index (Phi) is 6.17. The number of rotatable bonds is 7. The van der Waals surface area contributed by atoms with Crippen molar-refractivity contribution in [1.82, 2.24) is 0 Å². The third kappa shape index (κ3) is 3.69. The number of benzene rings is 1. The molecule has 0 spiro atoms. The fourth-order valence-corrected chi connectivity index (χ4v) is 7.02. The minimum absolute atomic E-state index is 0.1000. The molecule has 3 fully saturated rings. The van der Waals surface area contributed by atoms with Gasteiger partial charge in [0.05, 0.1) is 17.5 Å². The zero-order valence-electron chi connectivity index (χ0n) is 16.4. The maximum absolute atomic E-state index is 13.1. The first-order valence-corrected chi connectivity index (χ1v) is 12.2. The van der Waals surface area contributed by atoms with E-state index in [0.29, 0.717) is 17.9 Å². The lowest BCUT2D eigenvalue weighted by atomic mass is 9.81. The number of fused-ring (bicyclic) bond motifs is 5. The normalized spacial score (nSPS) is 32.7. The maximum Gasteiger partial charge on any atom is 0.311 e. The van der Waals surface area contributed by atoms with E-state index in [1.54, 1.807) is 24.3 Å². The van der Waals surface area contributed by atoms with Gasteiger partial charge in [0.15, 0.2) is 0 Å². The molecule has 2 bridgehead atoms. The predicted octanol–water partition coefficient (Wildman–Crippen LogP) is 4.84. The Bertz CT molecular complexity index is 780. The first-order valence-electron chi connectivity index (χ1n) is 10.4. The number of carbonyl (C=O) groups is 3. The zero-order valence-corrected chi connectivity index (χ0v) is 19.5. The van der Waals surface area contributed by atoms with Gasteiger partial charge in [-0.25, -0.2) is 0 Å². The van der Waals surface area contributed by atoms with E-state index in [0.717, 1.165) is 32.1 Å². The molecule has 2 aliphatic carbocycles. The van der Waals surface area contributed by atoms with Crippen molar-refractivity contribution in [2.24, 2.45) is 23.7 Å². The SMILES string of the molecule is CCCCCCC(=O)Oc1ccc(N2C(=O)[C@@H]3[C@H]4C[C@@H]([C@@H](Br)[C@H]4Br)[C@H]3C2=O)cc1. The number of ether oxygens (including phenoxy) is 1. The van der Waals surface area contributed by atoms with Crippen LogP contribution >= 0.6 is 31.9 Å². The minimum atomic E-state index is -0.250. The first kappa shape index (κ1) is 21.0. The van der Waals surface area contributed by atoms with Gasteiger partial charge < -0.3 is 4.74 Å². The van der Waals surface area contributed by atoms with Crippen LogP contribution in [0.3, 0.4) is 0 Å². The summed E-state index contributed by atoms with van der Waals surface area (Å²) in [7, 11) is 0. The standard InChI is InChI=1S/C22H25Br2NO4/c1-2-3-4-5-6-16(26)29-13-9-7-12(8-10-13)25-21(27)17-14-11-15(18(17)22(25)28)20(24)19(14)23/h7-10,14-15,17-20H,2-6,11H2,1H3/t14-,15-,17-,18-,19-,20+/m1/s1. The van der Waals surface area contributed by atoms with E-state index in [2.05, 4.69) is 38.8 Å². The zero-order chi connectivity index (χ0) is 20.7. The van der Waals surface area contributed by atoms with Gasteiger partial charge in [-0.2, -0.15) is 0 Å². The van der Waals surface area contributed by atoms with Crippen LogP contribution in [-0.2, 0) is 14.4 Å². The summed E-state index contributed by atoms with van der Waals surface area (Å²) in [6.07, 6.45) is 5.42. The van der Waals surface area contributed by atoms with Crippen LogP contribution in [0.25, 0.3) is 0 Å². The molecule has 6 atom stereocenters. The lowest BCUT2D eigenvalue weighted by Crippen LogP contribution is -2.37. The summed E-state index contributed by atoms with van der Waals surface area (Å²) in [6, 6.07) is 6.69. The second-order valence-corrected chi connectivity index (χ2v) is 10.4. The fourth-order valence-electron chi connectivity index (χ4n) is 5.15. The lowest BCUT2D eigenvalue weighted by Gasteiger charge is -2.28. The summed E-state index contributed by atoms with van der Waals surface area (Å²) in [5.41, 5.74) is 0.550. The molecule has 0 N–H and O–H groups in total. The van der Waals surface area contributed by atoms with Crippen LogP contribution in [0, 0.1) is 23.7 Å². The second kappa shape index (κ2) is 8.50. The van der Waals surface area contributed by atoms with Gasteiger partial charge in [0, 0.05) is 16.1 Å². The van der Waals surface area contributed by atoms with Gasteiger partial charge in [0.2, 0.25) is 11.8 Å². The molecule has 1 aliphatic heterocycles. The Hall–Kier alpha value is -1.21. The monoisotopic (exact) mass is 525 g/mol. The fraction of sp³-hybridized carbons (Fsp3) is 0.591. The van der Waals surface area contributed by atoms with Crippen molar-refractivity contribution in [2.45, 2.75) is 55.1 Å². The smallest absolute Gasteiger partial charge is 0.311 e. The molecule has 5 nitrogen and oxygen atoms in total. The molecule has 3 aliphatic rings. The number of halogens is 2. The van der Waals surface area contributed by atoms with Crippen LogP contribution in [0.15, 0.2) is 24.3 Å². The average Bonchev–Trinajstić information content (AvgIpc) is 3.31. The molecule has 156 valence electrons. The van der Waals surface area contributed by atoms with E-state index >= 15 is 0 Å². The van der Waals surface area contributed by atoms with E-state index in [9.17, 15) is 14.4 Å². The Morgan fingerprint density at radius 1 is 1.00 bits per heavy atom. The van der Waals surface area contributed by atoms with Crippen molar-refractivity contribution in [3.05, 3.63) is 24.3 Å². The largest absolute Gasteiger partial charge is 0.427 e. The number of imide groups is 1. The van der Waals surface area contributed by atoms with Crippen molar-refractivity contribution in [3.8, 4) is 5.75 Å². The highest BCUT2D eigenvalue weighted by Crippen LogP contribution is 2.60. The number of amides is 2. The third-order valence-electron chi connectivity index (χ3n) is 6.55. The number of alkyl halides is 2. The van der Waals surface area contributed by atoms with Crippen molar-refractivity contribution in [3.63, 3.8) is 0 Å². The van der Waals surface area contributed by atoms with E-state index in [4.69, 9.17) is 4.74 Å². The number of esters is 1. The summed E-state index contributed by atoms with van der Waals surface area (Å²) < 4.78 is 5.37. The lowest BCUT2D eigenvalue weighted by molar-refractivity contribution is -0.134. The van der Waals surface area contributed by atoms with Gasteiger partial charge in [-0.05, 0) is 48.9 Å². The van der Waals surface area contributed by atoms with Crippen molar-refractivity contribution in [2.75, 3.05) is 4.90 Å². The Balaban J connectivity index is 1.42. The molecular formula is C22H25Br2NO4. The summed E-state index contributed by atoms with van der Waals surface area (Å²) in [6.45, 7) is 2.13. The number of hydrogen-bond acceptors (Lipinski definition) is 4. The van der Waals surface area contributed by atoms with Crippen molar-refractivity contribution in [1.29, 1.82) is 0 Å². The molecule has 2 saturated carbocycles. The quantitative estimate of drug-likeness (QED) is 0.167. The molecule has 1 saturated heterocycles. The number of anilines is 1. The predicted molar refractivity (Wildman–Crippen MR) is 117 cm³/mol. The topological polar surface area (TPSA) is 63.7 Å². The molecule has 7 heteroatoms. The Labute approximate surface area is 187 Å². The maximum atomic E-state index is 13.1. The molecule has 1 aromatic rings. The van der Waals surface area contributed by atoms with E-state index in [1.807, 2.05) is 0 Å². The highest BCUT2D eigenvalue weighted by molar-refractivity contribution is 9.12. The van der Waals surface area contributed by atoms with Crippen LogP contribution in [0.4, 0.5) is 5.69 Å². The van der Waals surface area contributed by atoms with Crippen LogP contribution in [0.2, 0.25) is 0 Å². The van der Waals surface area contributed by atoms with Crippen LogP contribution in [-0.4, -0.2) is 27.4 Å². The van der Waals surface area contributed by atoms with Gasteiger partial charge in [-0.1, -0.05) is 58.0 Å². The van der Waals surface area contributed by atoms with Gasteiger partial charge in [-0.3, -0.25) is 19.3 Å². The summed E-state index contributed by atoms with van der Waals surface area (Å²) in [4.78, 5) is 39.8. The molecule has 29 heavy (non-hydrogen) atoms. The Morgan fingerprint density at radius 2 is 1.59 bits per heavy atom. The molecule has 0 aromatic heterocycles. The molecule has 4 rings (SSSR count). The van der Waals surface area contributed by atoms with Crippen LogP contribution in [0.5, 0.6) is 5.75 Å². The van der Waals surface area contributed by atoms with Crippen LogP contribution < -0.4 is 9.64 Å². The highest BCUT2D eigenvalue weighted by atomic mass is 79.9. The Morgan fingerprint density at radius 3 is 2.14 bits per heavy atom. The van der Waals surface area contributed by atoms with Gasteiger partial charge in [0.1, 0.15) is 5.75 Å². The number of nitrogens with zero attached hydrogens (tertiary/aromatic N) is 1. The van der Waals surface area contributed by atoms with E-state index in [1.165, 1.54) is 4.90 Å². The molecule has 1 aromatic carbocycles.